The molecular formula is C16H21N3O2. The van der Waals surface area contributed by atoms with Crippen LogP contribution < -0.4 is 0 Å². The molecule has 1 atom stereocenters. The van der Waals surface area contributed by atoms with Gasteiger partial charge in [0.15, 0.2) is 0 Å². The highest BCUT2D eigenvalue weighted by Crippen LogP contribution is 2.27. The van der Waals surface area contributed by atoms with E-state index in [-0.39, 0.29) is 5.69 Å². The molecule has 1 saturated heterocycles. The maximum absolute atomic E-state index is 10.9. The van der Waals surface area contributed by atoms with Gasteiger partial charge in [0.2, 0.25) is 0 Å². The van der Waals surface area contributed by atoms with E-state index in [0.717, 1.165) is 31.5 Å². The Morgan fingerprint density at radius 2 is 2.14 bits per heavy atom. The normalized spacial score (nSPS) is 19.7. The number of hydrogen-bond acceptors (Lipinski definition) is 4. The van der Waals surface area contributed by atoms with Crippen LogP contribution in [0.15, 0.2) is 24.3 Å². The van der Waals surface area contributed by atoms with Gasteiger partial charge in [-0.2, -0.15) is 5.26 Å². The molecule has 1 aromatic carbocycles. The number of non-ortho nitro benzene ring substituents is 1. The van der Waals surface area contributed by atoms with Crippen molar-refractivity contribution in [2.75, 3.05) is 13.1 Å². The first kappa shape index (κ1) is 15.5. The maximum Gasteiger partial charge on any atom is 0.269 e. The Labute approximate surface area is 125 Å². The van der Waals surface area contributed by atoms with Gasteiger partial charge in [0, 0.05) is 18.6 Å². The van der Waals surface area contributed by atoms with Crippen LogP contribution in [0, 0.1) is 27.4 Å². The van der Waals surface area contributed by atoms with Crippen LogP contribution >= 0.6 is 0 Å². The smallest absolute Gasteiger partial charge is 0.269 e. The summed E-state index contributed by atoms with van der Waals surface area (Å²) < 4.78 is 0. The Kier molecular flexibility index (Phi) is 4.59. The first-order valence-electron chi connectivity index (χ1n) is 7.34. The van der Waals surface area contributed by atoms with Crippen molar-refractivity contribution < 1.29 is 4.92 Å². The van der Waals surface area contributed by atoms with E-state index in [2.05, 4.69) is 17.9 Å². The summed E-state index contributed by atoms with van der Waals surface area (Å²) in [5.74, 6) is 0.710. The number of benzene rings is 1. The van der Waals surface area contributed by atoms with Crippen LogP contribution in [0.25, 0.3) is 0 Å². The van der Waals surface area contributed by atoms with Gasteiger partial charge in [-0.1, -0.05) is 19.1 Å². The monoisotopic (exact) mass is 287 g/mol. The van der Waals surface area contributed by atoms with Gasteiger partial charge in [-0.15, -0.1) is 0 Å². The lowest BCUT2D eigenvalue weighted by atomic mass is 9.88. The third kappa shape index (κ3) is 3.59. The molecule has 0 N–H and O–H groups in total. The summed E-state index contributed by atoms with van der Waals surface area (Å²) in [5, 5.41) is 20.5. The van der Waals surface area contributed by atoms with E-state index in [1.807, 2.05) is 13.0 Å². The lowest BCUT2D eigenvalue weighted by Crippen LogP contribution is -2.50. The van der Waals surface area contributed by atoms with E-state index in [9.17, 15) is 15.4 Å². The zero-order valence-electron chi connectivity index (χ0n) is 12.6. The molecule has 0 amide bonds. The highest BCUT2D eigenvalue weighted by Gasteiger charge is 2.34. The van der Waals surface area contributed by atoms with E-state index in [1.54, 1.807) is 12.1 Å². The van der Waals surface area contributed by atoms with Crippen molar-refractivity contribution in [3.05, 3.63) is 39.9 Å². The number of nitro benzene ring substituents is 1. The number of piperidine rings is 1. The molecule has 0 aromatic heterocycles. The Morgan fingerprint density at radius 3 is 2.71 bits per heavy atom. The molecule has 0 bridgehead atoms. The Balaban J connectivity index is 2.16. The van der Waals surface area contributed by atoms with Gasteiger partial charge >= 0.3 is 0 Å². The van der Waals surface area contributed by atoms with Crippen molar-refractivity contribution >= 4 is 5.69 Å². The summed E-state index contributed by atoms with van der Waals surface area (Å²) in [6.07, 6.45) is 2.72. The van der Waals surface area contributed by atoms with Crippen LogP contribution in [0.1, 0.15) is 32.3 Å². The topological polar surface area (TPSA) is 70.2 Å². The molecule has 1 aliphatic heterocycles. The molecule has 2 rings (SSSR count). The highest BCUT2D eigenvalue weighted by atomic mass is 16.6. The second-order valence-electron chi connectivity index (χ2n) is 6.16. The van der Waals surface area contributed by atoms with Crippen LogP contribution in [-0.4, -0.2) is 28.5 Å². The quantitative estimate of drug-likeness (QED) is 0.630. The molecule has 0 aliphatic carbocycles. The van der Waals surface area contributed by atoms with Crippen molar-refractivity contribution in [3.8, 4) is 6.07 Å². The minimum atomic E-state index is -0.602. The predicted octanol–water partition coefficient (Wildman–Crippen LogP) is 3.15. The van der Waals surface area contributed by atoms with Gasteiger partial charge in [-0.05, 0) is 44.3 Å². The maximum atomic E-state index is 10.9. The molecule has 1 aliphatic rings. The minimum absolute atomic E-state index is 0.0834. The molecule has 5 nitrogen and oxygen atoms in total. The molecule has 1 aromatic rings. The summed E-state index contributed by atoms with van der Waals surface area (Å²) in [4.78, 5) is 12.7. The third-order valence-electron chi connectivity index (χ3n) is 4.39. The number of nitro groups is 1. The molecule has 5 heteroatoms. The zero-order chi connectivity index (χ0) is 15.5. The molecule has 0 spiro atoms. The van der Waals surface area contributed by atoms with E-state index in [0.29, 0.717) is 12.3 Å². The molecule has 1 heterocycles. The largest absolute Gasteiger partial charge is 0.285 e. The molecular weight excluding hydrogens is 266 g/mol. The summed E-state index contributed by atoms with van der Waals surface area (Å²) in [5.41, 5.74) is 0.321. The number of hydrogen-bond donors (Lipinski definition) is 0. The van der Waals surface area contributed by atoms with Gasteiger partial charge in [-0.3, -0.25) is 15.0 Å². The average Bonchev–Trinajstić information content (AvgIpc) is 2.48. The molecule has 21 heavy (non-hydrogen) atoms. The van der Waals surface area contributed by atoms with E-state index >= 15 is 0 Å². The van der Waals surface area contributed by atoms with Crippen molar-refractivity contribution in [2.24, 2.45) is 5.92 Å². The summed E-state index contributed by atoms with van der Waals surface area (Å²) >= 11 is 0. The lowest BCUT2D eigenvalue weighted by Gasteiger charge is -2.40. The van der Waals surface area contributed by atoms with Crippen LogP contribution in [0.5, 0.6) is 0 Å². The number of rotatable bonds is 4. The van der Waals surface area contributed by atoms with E-state index < -0.39 is 10.5 Å². The standard InChI is InChI=1S/C16H21N3O2/c1-13-6-8-18(9-7-13)16(2,12-17)11-14-4-3-5-15(10-14)19(20)21/h3-5,10,13H,6-9,11H2,1-2H3. The van der Waals surface area contributed by atoms with Crippen LogP contribution in [0.2, 0.25) is 0 Å². The number of nitriles is 1. The number of nitrogens with zero attached hydrogens (tertiary/aromatic N) is 3. The van der Waals surface area contributed by atoms with Crippen LogP contribution in [0.4, 0.5) is 5.69 Å². The average molecular weight is 287 g/mol. The Hall–Kier alpha value is -1.93. The molecule has 0 radical (unpaired) electrons. The second-order valence-corrected chi connectivity index (χ2v) is 6.16. The third-order valence-corrected chi connectivity index (χ3v) is 4.39. The fourth-order valence-corrected chi connectivity index (χ4v) is 2.90. The van der Waals surface area contributed by atoms with E-state index in [1.165, 1.54) is 6.07 Å². The molecule has 0 saturated carbocycles. The summed E-state index contributed by atoms with van der Waals surface area (Å²) in [6, 6.07) is 9.01. The van der Waals surface area contributed by atoms with Gasteiger partial charge in [0.1, 0.15) is 5.54 Å². The van der Waals surface area contributed by atoms with Crippen LogP contribution in [-0.2, 0) is 6.42 Å². The van der Waals surface area contributed by atoms with Crippen molar-refractivity contribution in [3.63, 3.8) is 0 Å². The summed E-state index contributed by atoms with van der Waals surface area (Å²) in [6.45, 7) is 6.00. The molecule has 1 fully saturated rings. The Morgan fingerprint density at radius 1 is 1.48 bits per heavy atom. The first-order chi connectivity index (χ1) is 9.94. The second kappa shape index (κ2) is 6.23. The van der Waals surface area contributed by atoms with E-state index in [4.69, 9.17) is 0 Å². The van der Waals surface area contributed by atoms with Gasteiger partial charge in [0.25, 0.3) is 5.69 Å². The van der Waals surface area contributed by atoms with Crippen molar-refractivity contribution in [1.82, 2.24) is 4.90 Å². The van der Waals surface area contributed by atoms with Gasteiger partial charge in [0.05, 0.1) is 11.0 Å². The SMILES string of the molecule is CC1CCN(C(C)(C#N)Cc2cccc([N+](=O)[O-])c2)CC1. The van der Waals surface area contributed by atoms with Crippen LogP contribution in [0.3, 0.4) is 0 Å². The summed E-state index contributed by atoms with van der Waals surface area (Å²) in [7, 11) is 0. The fourth-order valence-electron chi connectivity index (χ4n) is 2.90. The molecule has 1 unspecified atom stereocenters. The number of likely N-dealkylation sites (tertiary alicyclic amines) is 1. The first-order valence-corrected chi connectivity index (χ1v) is 7.34. The minimum Gasteiger partial charge on any atom is -0.285 e. The lowest BCUT2D eigenvalue weighted by molar-refractivity contribution is -0.384. The molecule has 112 valence electrons. The highest BCUT2D eigenvalue weighted by molar-refractivity contribution is 5.36. The van der Waals surface area contributed by atoms with Crippen molar-refractivity contribution in [2.45, 2.75) is 38.6 Å². The predicted molar refractivity (Wildman–Crippen MR) is 80.8 cm³/mol. The zero-order valence-corrected chi connectivity index (χ0v) is 12.6. The van der Waals surface area contributed by atoms with Gasteiger partial charge in [-0.25, -0.2) is 0 Å². The van der Waals surface area contributed by atoms with Crippen molar-refractivity contribution in [1.29, 1.82) is 5.26 Å². The van der Waals surface area contributed by atoms with Gasteiger partial charge < -0.3 is 0 Å². The fraction of sp³-hybridized carbons (Fsp3) is 0.562. The Bertz CT molecular complexity index is 559.